The summed E-state index contributed by atoms with van der Waals surface area (Å²) in [6.45, 7) is 8.06. The van der Waals surface area contributed by atoms with E-state index in [0.717, 1.165) is 28.1 Å². The van der Waals surface area contributed by atoms with Crippen molar-refractivity contribution in [2.75, 3.05) is 0 Å². The molecule has 3 nitrogen and oxygen atoms in total. The molecule has 0 spiro atoms. The zero-order valence-electron chi connectivity index (χ0n) is 11.7. The number of hydrogen-bond donors (Lipinski definition) is 1. The summed E-state index contributed by atoms with van der Waals surface area (Å²) in [5, 5.41) is 18.0. The molecule has 0 unspecified atom stereocenters. The first-order valence-corrected chi connectivity index (χ1v) is 6.26. The summed E-state index contributed by atoms with van der Waals surface area (Å²) in [4.78, 5) is 0. The molecule has 19 heavy (non-hydrogen) atoms. The van der Waals surface area contributed by atoms with E-state index >= 15 is 0 Å². The van der Waals surface area contributed by atoms with Gasteiger partial charge in [-0.15, -0.1) is 5.11 Å². The molecule has 0 bridgehead atoms. The van der Waals surface area contributed by atoms with Crippen LogP contribution in [0, 0.1) is 27.7 Å². The lowest BCUT2D eigenvalue weighted by atomic mass is 10.1. The van der Waals surface area contributed by atoms with Gasteiger partial charge in [-0.2, -0.15) is 5.11 Å². The molecule has 98 valence electrons. The Bertz CT molecular complexity index is 622. The molecule has 0 aliphatic heterocycles. The largest absolute Gasteiger partial charge is 0.508 e. The number of aromatic hydroxyl groups is 1. The van der Waals surface area contributed by atoms with Crippen molar-refractivity contribution < 1.29 is 5.11 Å². The van der Waals surface area contributed by atoms with E-state index in [1.807, 2.05) is 20.8 Å². The third-order valence-electron chi connectivity index (χ3n) is 3.07. The van der Waals surface area contributed by atoms with Gasteiger partial charge < -0.3 is 5.11 Å². The molecule has 2 rings (SSSR count). The summed E-state index contributed by atoms with van der Waals surface area (Å²) in [6, 6.07) is 9.28. The van der Waals surface area contributed by atoms with Crippen molar-refractivity contribution in [3.63, 3.8) is 0 Å². The van der Waals surface area contributed by atoms with E-state index in [4.69, 9.17) is 0 Å². The number of azo groups is 1. The summed E-state index contributed by atoms with van der Waals surface area (Å²) in [5.74, 6) is 0.249. The van der Waals surface area contributed by atoms with Gasteiger partial charge in [-0.25, -0.2) is 0 Å². The molecular weight excluding hydrogens is 236 g/mol. The van der Waals surface area contributed by atoms with Gasteiger partial charge in [0.2, 0.25) is 0 Å². The van der Waals surface area contributed by atoms with Crippen LogP contribution in [0.1, 0.15) is 22.3 Å². The highest BCUT2D eigenvalue weighted by Crippen LogP contribution is 2.29. The van der Waals surface area contributed by atoms with Gasteiger partial charge in [-0.3, -0.25) is 0 Å². The number of hydrogen-bond acceptors (Lipinski definition) is 3. The minimum absolute atomic E-state index is 0.249. The van der Waals surface area contributed by atoms with Crippen molar-refractivity contribution in [3.05, 3.63) is 52.6 Å². The molecule has 0 amide bonds. The first-order chi connectivity index (χ1) is 8.97. The molecule has 0 saturated heterocycles. The number of benzene rings is 2. The van der Waals surface area contributed by atoms with Crippen LogP contribution in [0.4, 0.5) is 11.4 Å². The monoisotopic (exact) mass is 254 g/mol. The van der Waals surface area contributed by atoms with Crippen LogP contribution in [0.15, 0.2) is 40.6 Å². The van der Waals surface area contributed by atoms with Gasteiger partial charge in [-0.1, -0.05) is 17.7 Å². The van der Waals surface area contributed by atoms with Crippen molar-refractivity contribution in [1.82, 2.24) is 0 Å². The van der Waals surface area contributed by atoms with Gasteiger partial charge in [0.05, 0.1) is 11.4 Å². The molecule has 0 atom stereocenters. The molecule has 0 aromatic heterocycles. The van der Waals surface area contributed by atoms with Crippen LogP contribution in [-0.2, 0) is 0 Å². The summed E-state index contributed by atoms with van der Waals surface area (Å²) in [5.41, 5.74) is 6.08. The Morgan fingerprint density at radius 1 is 0.789 bits per heavy atom. The lowest BCUT2D eigenvalue weighted by Gasteiger charge is -2.06. The Morgan fingerprint density at radius 2 is 1.42 bits per heavy atom. The third kappa shape index (κ3) is 2.99. The second-order valence-electron chi connectivity index (χ2n) is 4.92. The molecule has 0 aliphatic rings. The van der Waals surface area contributed by atoms with Gasteiger partial charge in [0.1, 0.15) is 5.75 Å². The molecule has 0 heterocycles. The van der Waals surface area contributed by atoms with Crippen LogP contribution in [0.2, 0.25) is 0 Å². The molecule has 0 radical (unpaired) electrons. The van der Waals surface area contributed by atoms with E-state index in [0.29, 0.717) is 0 Å². The van der Waals surface area contributed by atoms with Gasteiger partial charge in [-0.05, 0) is 62.6 Å². The highest BCUT2D eigenvalue weighted by molar-refractivity contribution is 5.54. The van der Waals surface area contributed by atoms with Crippen LogP contribution >= 0.6 is 0 Å². The van der Waals surface area contributed by atoms with E-state index in [-0.39, 0.29) is 5.75 Å². The van der Waals surface area contributed by atoms with Crippen molar-refractivity contribution >= 4 is 11.4 Å². The van der Waals surface area contributed by atoms with Crippen LogP contribution in [-0.4, -0.2) is 5.11 Å². The maximum absolute atomic E-state index is 9.37. The quantitative estimate of drug-likeness (QED) is 0.749. The van der Waals surface area contributed by atoms with E-state index in [1.54, 1.807) is 18.2 Å². The standard InChI is InChI=1S/C16H18N2O/c1-10-7-12(3)16(13(4)8-10)18-17-15-6-5-14(19)9-11(15)2/h5-9,19H,1-4H3. The molecule has 0 aliphatic carbocycles. The predicted molar refractivity (Wildman–Crippen MR) is 77.7 cm³/mol. The Morgan fingerprint density at radius 3 is 2.00 bits per heavy atom. The number of phenolic OH excluding ortho intramolecular Hbond substituents is 1. The highest BCUT2D eigenvalue weighted by atomic mass is 16.3. The maximum Gasteiger partial charge on any atom is 0.115 e. The van der Waals surface area contributed by atoms with Gasteiger partial charge in [0.25, 0.3) is 0 Å². The van der Waals surface area contributed by atoms with Crippen molar-refractivity contribution in [1.29, 1.82) is 0 Å². The van der Waals surface area contributed by atoms with Gasteiger partial charge in [0.15, 0.2) is 0 Å². The van der Waals surface area contributed by atoms with Gasteiger partial charge >= 0.3 is 0 Å². The molecule has 3 heteroatoms. The fourth-order valence-electron chi connectivity index (χ4n) is 2.19. The third-order valence-corrected chi connectivity index (χ3v) is 3.07. The van der Waals surface area contributed by atoms with E-state index in [2.05, 4.69) is 29.3 Å². The molecule has 0 saturated carbocycles. The second kappa shape index (κ2) is 5.22. The number of aryl methyl sites for hydroxylation is 4. The number of phenols is 1. The lowest BCUT2D eigenvalue weighted by molar-refractivity contribution is 0.475. The van der Waals surface area contributed by atoms with Crippen LogP contribution < -0.4 is 0 Å². The first-order valence-electron chi connectivity index (χ1n) is 6.26. The number of rotatable bonds is 2. The first kappa shape index (κ1) is 13.3. The van der Waals surface area contributed by atoms with E-state index in [9.17, 15) is 5.11 Å². The fraction of sp³-hybridized carbons (Fsp3) is 0.250. The Hall–Kier alpha value is -2.16. The summed E-state index contributed by atoms with van der Waals surface area (Å²) in [7, 11) is 0. The second-order valence-corrected chi connectivity index (χ2v) is 4.92. The smallest absolute Gasteiger partial charge is 0.115 e. The molecule has 1 N–H and O–H groups in total. The van der Waals surface area contributed by atoms with Crippen molar-refractivity contribution in [2.45, 2.75) is 27.7 Å². The van der Waals surface area contributed by atoms with Crippen LogP contribution in [0.5, 0.6) is 5.75 Å². The van der Waals surface area contributed by atoms with Crippen molar-refractivity contribution in [2.24, 2.45) is 10.2 Å². The predicted octanol–water partition coefficient (Wildman–Crippen LogP) is 5.04. The minimum Gasteiger partial charge on any atom is -0.508 e. The Labute approximate surface area is 113 Å². The van der Waals surface area contributed by atoms with Crippen molar-refractivity contribution in [3.8, 4) is 5.75 Å². The molecule has 0 fully saturated rings. The van der Waals surface area contributed by atoms with E-state index < -0.39 is 0 Å². The van der Waals surface area contributed by atoms with Crippen LogP contribution in [0.25, 0.3) is 0 Å². The summed E-state index contributed by atoms with van der Waals surface area (Å²) < 4.78 is 0. The topological polar surface area (TPSA) is 45.0 Å². The number of nitrogens with zero attached hydrogens (tertiary/aromatic N) is 2. The molecule has 2 aromatic rings. The molecule has 2 aromatic carbocycles. The maximum atomic E-state index is 9.37. The zero-order chi connectivity index (χ0) is 14.0. The fourth-order valence-corrected chi connectivity index (χ4v) is 2.19. The Kier molecular flexibility index (Phi) is 3.65. The lowest BCUT2D eigenvalue weighted by Crippen LogP contribution is -1.83. The summed E-state index contributed by atoms with van der Waals surface area (Å²) in [6.07, 6.45) is 0. The zero-order valence-corrected chi connectivity index (χ0v) is 11.7. The molecular formula is C16H18N2O. The SMILES string of the molecule is Cc1cc(C)c(N=Nc2ccc(O)cc2C)c(C)c1. The van der Waals surface area contributed by atoms with E-state index in [1.165, 1.54) is 5.56 Å². The minimum atomic E-state index is 0.249. The average molecular weight is 254 g/mol. The Balaban J connectivity index is 2.38. The van der Waals surface area contributed by atoms with Gasteiger partial charge in [0, 0.05) is 0 Å². The normalized spacial score (nSPS) is 11.2. The van der Waals surface area contributed by atoms with Crippen LogP contribution in [0.3, 0.4) is 0 Å². The average Bonchev–Trinajstić information content (AvgIpc) is 2.30. The highest BCUT2D eigenvalue weighted by Gasteiger charge is 2.03. The summed E-state index contributed by atoms with van der Waals surface area (Å²) >= 11 is 0.